The molecule has 3 heterocycles. The number of likely N-dealkylation sites (tertiary alicyclic amines) is 1. The Morgan fingerprint density at radius 2 is 2.08 bits per heavy atom. The summed E-state index contributed by atoms with van der Waals surface area (Å²) >= 11 is 11.9. The molecule has 0 amide bonds. The van der Waals surface area contributed by atoms with Gasteiger partial charge in [0.2, 0.25) is 0 Å². The van der Waals surface area contributed by atoms with Crippen molar-refractivity contribution in [3.63, 3.8) is 0 Å². The van der Waals surface area contributed by atoms with Gasteiger partial charge >= 0.3 is 0 Å². The monoisotopic (exact) mass is 367 g/mol. The third-order valence-corrected chi connectivity index (χ3v) is 4.59. The summed E-state index contributed by atoms with van der Waals surface area (Å²) in [6.07, 6.45) is 5.66. The van der Waals surface area contributed by atoms with Crippen molar-refractivity contribution in [2.24, 2.45) is 0 Å². The maximum absolute atomic E-state index is 6.10. The molecule has 1 atom stereocenters. The van der Waals surface area contributed by atoms with E-state index in [1.165, 1.54) is 6.42 Å². The van der Waals surface area contributed by atoms with E-state index in [0.29, 0.717) is 41.1 Å². The Kier molecular flexibility index (Phi) is 5.76. The Labute approximate surface area is 151 Å². The van der Waals surface area contributed by atoms with Gasteiger partial charge in [-0.15, -0.1) is 0 Å². The van der Waals surface area contributed by atoms with Crippen LogP contribution in [0.2, 0.25) is 10.3 Å². The Morgan fingerprint density at radius 3 is 2.79 bits per heavy atom. The molecule has 2 aromatic heterocycles. The van der Waals surface area contributed by atoms with Crippen LogP contribution in [0.4, 0.5) is 0 Å². The number of aromatic nitrogens is 2. The van der Waals surface area contributed by atoms with Crippen LogP contribution in [0.25, 0.3) is 0 Å². The van der Waals surface area contributed by atoms with Gasteiger partial charge in [-0.05, 0) is 32.5 Å². The second-order valence-corrected chi connectivity index (χ2v) is 6.57. The predicted molar refractivity (Wildman–Crippen MR) is 94.0 cm³/mol. The van der Waals surface area contributed by atoms with Crippen LogP contribution in [0, 0.1) is 0 Å². The molecule has 0 aliphatic carbocycles. The average molecular weight is 368 g/mol. The number of likely N-dealkylation sites (N-methyl/N-ethyl adjacent to an activating group) is 1. The molecule has 128 valence electrons. The fourth-order valence-corrected chi connectivity index (χ4v) is 2.89. The Hall–Kier alpha value is -1.56. The topological polar surface area (TPSA) is 47.5 Å². The van der Waals surface area contributed by atoms with E-state index >= 15 is 0 Å². The highest BCUT2D eigenvalue weighted by Crippen LogP contribution is 2.28. The minimum Gasteiger partial charge on any atom is -0.490 e. The molecule has 0 spiro atoms. The Bertz CT molecular complexity index is 682. The van der Waals surface area contributed by atoms with Gasteiger partial charge in [-0.3, -0.25) is 0 Å². The van der Waals surface area contributed by atoms with Crippen LogP contribution in [0.15, 0.2) is 30.6 Å². The summed E-state index contributed by atoms with van der Waals surface area (Å²) in [6.45, 7) is 2.09. The fraction of sp³-hybridized carbons (Fsp3) is 0.412. The summed E-state index contributed by atoms with van der Waals surface area (Å²) in [7, 11) is 2.12. The molecule has 0 bridgehead atoms. The van der Waals surface area contributed by atoms with E-state index in [1.54, 1.807) is 24.5 Å². The first-order chi connectivity index (χ1) is 11.6. The standard InChI is InChI=1S/C17H19Cl2N3O2/c1-22-6-2-3-13(22)11-23-14-7-15(17(19)21-9-14)24-10-12-4-5-16(18)20-8-12/h4-5,7-9,13H,2-3,6,10-11H2,1H3/t13-/m0/s1. The van der Waals surface area contributed by atoms with Gasteiger partial charge in [0.15, 0.2) is 10.9 Å². The highest BCUT2D eigenvalue weighted by molar-refractivity contribution is 6.30. The molecule has 0 unspecified atom stereocenters. The van der Waals surface area contributed by atoms with E-state index in [4.69, 9.17) is 32.7 Å². The molecular formula is C17H19Cl2N3O2. The quantitative estimate of drug-likeness (QED) is 0.726. The molecular weight excluding hydrogens is 349 g/mol. The SMILES string of the molecule is CN1CCC[C@H]1COc1cnc(Cl)c(OCc2ccc(Cl)nc2)c1. The van der Waals surface area contributed by atoms with E-state index in [2.05, 4.69) is 21.9 Å². The maximum Gasteiger partial charge on any atom is 0.171 e. The summed E-state index contributed by atoms with van der Waals surface area (Å²) in [5.41, 5.74) is 0.898. The van der Waals surface area contributed by atoms with Crippen molar-refractivity contribution in [1.82, 2.24) is 14.9 Å². The highest BCUT2D eigenvalue weighted by Gasteiger charge is 2.21. The van der Waals surface area contributed by atoms with Gasteiger partial charge in [0.1, 0.15) is 24.1 Å². The van der Waals surface area contributed by atoms with Crippen molar-refractivity contribution >= 4 is 23.2 Å². The normalized spacial score (nSPS) is 17.9. The van der Waals surface area contributed by atoms with Crippen molar-refractivity contribution in [2.75, 3.05) is 20.2 Å². The minimum absolute atomic E-state index is 0.308. The lowest BCUT2D eigenvalue weighted by molar-refractivity contribution is 0.197. The molecule has 1 aliphatic rings. The third-order valence-electron chi connectivity index (χ3n) is 4.08. The van der Waals surface area contributed by atoms with Crippen molar-refractivity contribution < 1.29 is 9.47 Å². The van der Waals surface area contributed by atoms with Gasteiger partial charge < -0.3 is 14.4 Å². The number of pyridine rings is 2. The van der Waals surface area contributed by atoms with Gasteiger partial charge in [0, 0.05) is 23.9 Å². The first-order valence-corrected chi connectivity index (χ1v) is 8.59. The van der Waals surface area contributed by atoms with Crippen LogP contribution in [-0.4, -0.2) is 41.1 Å². The molecule has 2 aromatic rings. The van der Waals surface area contributed by atoms with Crippen LogP contribution in [0.3, 0.4) is 0 Å². The molecule has 1 saturated heterocycles. The molecule has 1 aliphatic heterocycles. The molecule has 0 saturated carbocycles. The number of ether oxygens (including phenoxy) is 2. The molecule has 0 aromatic carbocycles. The van der Waals surface area contributed by atoms with Gasteiger partial charge in [0.25, 0.3) is 0 Å². The second-order valence-electron chi connectivity index (χ2n) is 5.83. The smallest absolute Gasteiger partial charge is 0.171 e. The molecule has 3 rings (SSSR count). The van der Waals surface area contributed by atoms with E-state index in [9.17, 15) is 0 Å². The number of hydrogen-bond acceptors (Lipinski definition) is 5. The lowest BCUT2D eigenvalue weighted by Gasteiger charge is -2.19. The molecule has 5 nitrogen and oxygen atoms in total. The lowest BCUT2D eigenvalue weighted by Crippen LogP contribution is -2.30. The second kappa shape index (κ2) is 8.01. The first kappa shape index (κ1) is 17.3. The zero-order valence-corrected chi connectivity index (χ0v) is 14.9. The number of halogens is 2. The van der Waals surface area contributed by atoms with Crippen molar-refractivity contribution in [1.29, 1.82) is 0 Å². The third kappa shape index (κ3) is 4.50. The first-order valence-electron chi connectivity index (χ1n) is 7.83. The van der Waals surface area contributed by atoms with E-state index in [1.807, 2.05) is 6.07 Å². The van der Waals surface area contributed by atoms with Gasteiger partial charge in [-0.1, -0.05) is 29.3 Å². The summed E-state index contributed by atoms with van der Waals surface area (Å²) in [5, 5.41) is 0.757. The van der Waals surface area contributed by atoms with Crippen molar-refractivity contribution in [3.05, 3.63) is 46.5 Å². The summed E-state index contributed by atoms with van der Waals surface area (Å²) in [4.78, 5) is 10.5. The Morgan fingerprint density at radius 1 is 1.21 bits per heavy atom. The van der Waals surface area contributed by atoms with Crippen LogP contribution in [-0.2, 0) is 6.61 Å². The molecule has 1 fully saturated rings. The van der Waals surface area contributed by atoms with Crippen molar-refractivity contribution in [2.45, 2.75) is 25.5 Å². The van der Waals surface area contributed by atoms with E-state index < -0.39 is 0 Å². The van der Waals surface area contributed by atoms with Crippen molar-refractivity contribution in [3.8, 4) is 11.5 Å². The Balaban J connectivity index is 1.59. The van der Waals surface area contributed by atoms with Gasteiger partial charge in [-0.2, -0.15) is 0 Å². The zero-order chi connectivity index (χ0) is 16.9. The predicted octanol–water partition coefficient (Wildman–Crippen LogP) is 3.84. The molecule has 0 N–H and O–H groups in total. The van der Waals surface area contributed by atoms with Crippen LogP contribution < -0.4 is 9.47 Å². The largest absolute Gasteiger partial charge is 0.490 e. The highest BCUT2D eigenvalue weighted by atomic mass is 35.5. The number of nitrogens with zero attached hydrogens (tertiary/aromatic N) is 3. The lowest BCUT2D eigenvalue weighted by atomic mass is 10.2. The fourth-order valence-electron chi connectivity index (χ4n) is 2.63. The van der Waals surface area contributed by atoms with Gasteiger partial charge in [0.05, 0.1) is 6.20 Å². The summed E-state index contributed by atoms with van der Waals surface area (Å²) in [5.74, 6) is 1.15. The summed E-state index contributed by atoms with van der Waals surface area (Å²) < 4.78 is 11.6. The van der Waals surface area contributed by atoms with Crippen LogP contribution in [0.1, 0.15) is 18.4 Å². The molecule has 7 heteroatoms. The maximum atomic E-state index is 6.10. The summed E-state index contributed by atoms with van der Waals surface area (Å²) in [6, 6.07) is 5.79. The number of rotatable bonds is 6. The average Bonchev–Trinajstić information content (AvgIpc) is 2.99. The van der Waals surface area contributed by atoms with E-state index in [-0.39, 0.29) is 0 Å². The minimum atomic E-state index is 0.308. The number of hydrogen-bond donors (Lipinski definition) is 0. The van der Waals surface area contributed by atoms with Crippen LogP contribution in [0.5, 0.6) is 11.5 Å². The van der Waals surface area contributed by atoms with Gasteiger partial charge in [-0.25, -0.2) is 9.97 Å². The van der Waals surface area contributed by atoms with Crippen LogP contribution >= 0.6 is 23.2 Å². The molecule has 0 radical (unpaired) electrons. The zero-order valence-electron chi connectivity index (χ0n) is 13.4. The van der Waals surface area contributed by atoms with E-state index in [0.717, 1.165) is 18.5 Å². The molecule has 24 heavy (non-hydrogen) atoms.